The van der Waals surface area contributed by atoms with E-state index in [1.807, 2.05) is 28.0 Å². The Morgan fingerprint density at radius 2 is 2.04 bits per heavy atom. The molecule has 1 unspecified atom stereocenters. The number of carbonyl (C=O) groups is 1. The van der Waals surface area contributed by atoms with Crippen LogP contribution in [0.5, 0.6) is 0 Å². The first-order valence-corrected chi connectivity index (χ1v) is 8.62. The second-order valence-corrected chi connectivity index (χ2v) is 6.92. The maximum Gasteiger partial charge on any atom is 0.255 e. The van der Waals surface area contributed by atoms with E-state index in [1.165, 1.54) is 18.5 Å². The van der Waals surface area contributed by atoms with Crippen LogP contribution >= 0.6 is 0 Å². The minimum atomic E-state index is 0.182. The van der Waals surface area contributed by atoms with Gasteiger partial charge in [-0.1, -0.05) is 0 Å². The van der Waals surface area contributed by atoms with E-state index < -0.39 is 0 Å². The summed E-state index contributed by atoms with van der Waals surface area (Å²) in [5, 5.41) is 4.35. The third-order valence-corrected chi connectivity index (χ3v) is 5.21. The van der Waals surface area contributed by atoms with Crippen molar-refractivity contribution in [3.63, 3.8) is 0 Å². The molecule has 1 aliphatic carbocycles. The number of carbonyl (C=O) groups excluding carboxylic acids is 1. The highest BCUT2D eigenvalue weighted by Gasteiger charge is 2.31. The lowest BCUT2D eigenvalue weighted by atomic mass is 10.0. The molecule has 23 heavy (non-hydrogen) atoms. The molecule has 122 valence electrons. The first-order valence-electron chi connectivity index (χ1n) is 8.62. The van der Waals surface area contributed by atoms with Gasteiger partial charge in [-0.15, -0.1) is 0 Å². The number of rotatable bonds is 3. The molecule has 2 aliphatic rings. The number of aromatic nitrogens is 3. The van der Waals surface area contributed by atoms with Crippen molar-refractivity contribution in [2.45, 2.75) is 51.6 Å². The molecular formula is C18H24N4O. The molecule has 4 rings (SSSR count). The van der Waals surface area contributed by atoms with Gasteiger partial charge < -0.3 is 9.47 Å². The van der Waals surface area contributed by atoms with E-state index >= 15 is 0 Å². The smallest absolute Gasteiger partial charge is 0.255 e. The van der Waals surface area contributed by atoms with Gasteiger partial charge in [0.2, 0.25) is 0 Å². The Bertz CT molecular complexity index is 712. The van der Waals surface area contributed by atoms with Crippen molar-refractivity contribution in [2.24, 2.45) is 0 Å². The van der Waals surface area contributed by atoms with Gasteiger partial charge in [-0.3, -0.25) is 9.48 Å². The molecule has 3 heterocycles. The van der Waals surface area contributed by atoms with Crippen molar-refractivity contribution in [2.75, 3.05) is 13.1 Å². The van der Waals surface area contributed by atoms with Crippen LogP contribution < -0.4 is 0 Å². The fourth-order valence-electron chi connectivity index (χ4n) is 3.91. The molecule has 5 nitrogen and oxygen atoms in total. The lowest BCUT2D eigenvalue weighted by Crippen LogP contribution is -2.41. The van der Waals surface area contributed by atoms with Gasteiger partial charge in [0.05, 0.1) is 11.6 Å². The third kappa shape index (κ3) is 2.58. The summed E-state index contributed by atoms with van der Waals surface area (Å²) in [6, 6.07) is 4.95. The quantitative estimate of drug-likeness (QED) is 0.874. The first kappa shape index (κ1) is 14.5. The predicted octanol–water partition coefficient (Wildman–Crippen LogP) is 3.11. The third-order valence-electron chi connectivity index (χ3n) is 5.21. The summed E-state index contributed by atoms with van der Waals surface area (Å²) in [6.45, 7) is 5.82. The van der Waals surface area contributed by atoms with Crippen LogP contribution in [0.15, 0.2) is 24.5 Å². The van der Waals surface area contributed by atoms with Gasteiger partial charge in [0, 0.05) is 42.9 Å². The van der Waals surface area contributed by atoms with Crippen LogP contribution in [0.3, 0.4) is 0 Å². The van der Waals surface area contributed by atoms with E-state index in [4.69, 9.17) is 0 Å². The molecule has 1 atom stereocenters. The highest BCUT2D eigenvalue weighted by molar-refractivity contribution is 5.95. The molecule has 0 radical (unpaired) electrons. The highest BCUT2D eigenvalue weighted by Crippen LogP contribution is 2.38. The molecule has 0 spiro atoms. The van der Waals surface area contributed by atoms with Gasteiger partial charge in [0.25, 0.3) is 5.91 Å². The summed E-state index contributed by atoms with van der Waals surface area (Å²) in [6.07, 6.45) is 8.43. The van der Waals surface area contributed by atoms with Crippen molar-refractivity contribution in [3.05, 3.63) is 41.5 Å². The van der Waals surface area contributed by atoms with Crippen LogP contribution in [0.4, 0.5) is 0 Å². The van der Waals surface area contributed by atoms with Crippen LogP contribution in [0, 0.1) is 13.8 Å². The van der Waals surface area contributed by atoms with E-state index in [2.05, 4.69) is 29.6 Å². The van der Waals surface area contributed by atoms with Crippen LogP contribution in [0.1, 0.15) is 59.5 Å². The zero-order chi connectivity index (χ0) is 16.0. The highest BCUT2D eigenvalue weighted by atomic mass is 16.2. The standard InChI is InChI=1S/C18H24N4O/c1-13-11-17(14(2)22(13)15-6-7-15)18(23)20-9-3-5-16(12-20)21-10-4-8-19-21/h4,8,10-11,15-16H,3,5-7,9,12H2,1-2H3. The zero-order valence-corrected chi connectivity index (χ0v) is 13.9. The number of piperidine rings is 1. The lowest BCUT2D eigenvalue weighted by molar-refractivity contribution is 0.0672. The molecule has 1 saturated heterocycles. The van der Waals surface area contributed by atoms with Crippen molar-refractivity contribution >= 4 is 5.91 Å². The maximum absolute atomic E-state index is 13.0. The zero-order valence-electron chi connectivity index (χ0n) is 13.9. The van der Waals surface area contributed by atoms with Gasteiger partial charge in [0.15, 0.2) is 0 Å². The molecule has 1 amide bonds. The Morgan fingerprint density at radius 1 is 1.22 bits per heavy atom. The Kier molecular flexibility index (Phi) is 3.51. The Hall–Kier alpha value is -2.04. The Morgan fingerprint density at radius 3 is 2.74 bits per heavy atom. The Balaban J connectivity index is 1.56. The van der Waals surface area contributed by atoms with Crippen molar-refractivity contribution in [1.82, 2.24) is 19.2 Å². The molecule has 0 bridgehead atoms. The molecule has 0 N–H and O–H groups in total. The molecule has 2 fully saturated rings. The normalized spacial score (nSPS) is 21.7. The summed E-state index contributed by atoms with van der Waals surface area (Å²) < 4.78 is 4.34. The van der Waals surface area contributed by atoms with Gasteiger partial charge in [-0.25, -0.2) is 0 Å². The maximum atomic E-state index is 13.0. The second kappa shape index (κ2) is 5.55. The summed E-state index contributed by atoms with van der Waals surface area (Å²) in [7, 11) is 0. The summed E-state index contributed by atoms with van der Waals surface area (Å²) in [4.78, 5) is 15.0. The minimum absolute atomic E-state index is 0.182. The van der Waals surface area contributed by atoms with Gasteiger partial charge in [-0.05, 0) is 51.7 Å². The van der Waals surface area contributed by atoms with Crippen LogP contribution in [-0.4, -0.2) is 38.2 Å². The van der Waals surface area contributed by atoms with Gasteiger partial charge in [0.1, 0.15) is 0 Å². The Labute approximate surface area is 136 Å². The van der Waals surface area contributed by atoms with Crippen molar-refractivity contribution in [1.29, 1.82) is 0 Å². The predicted molar refractivity (Wildman–Crippen MR) is 88.6 cm³/mol. The average Bonchev–Trinajstić information content (AvgIpc) is 3.13. The van der Waals surface area contributed by atoms with Crippen molar-refractivity contribution < 1.29 is 4.79 Å². The van der Waals surface area contributed by atoms with Crippen LogP contribution in [0.25, 0.3) is 0 Å². The molecule has 2 aromatic heterocycles. The topological polar surface area (TPSA) is 43.1 Å². The second-order valence-electron chi connectivity index (χ2n) is 6.92. The average molecular weight is 312 g/mol. The van der Waals surface area contributed by atoms with Crippen LogP contribution in [-0.2, 0) is 0 Å². The van der Waals surface area contributed by atoms with Crippen molar-refractivity contribution in [3.8, 4) is 0 Å². The monoisotopic (exact) mass is 312 g/mol. The van der Waals surface area contributed by atoms with Crippen LogP contribution in [0.2, 0.25) is 0 Å². The number of amides is 1. The number of hydrogen-bond donors (Lipinski definition) is 0. The van der Waals surface area contributed by atoms with E-state index in [-0.39, 0.29) is 5.91 Å². The molecule has 2 aromatic rings. The fraction of sp³-hybridized carbons (Fsp3) is 0.556. The van der Waals surface area contributed by atoms with E-state index in [9.17, 15) is 4.79 Å². The summed E-state index contributed by atoms with van der Waals surface area (Å²) in [5.41, 5.74) is 3.24. The summed E-state index contributed by atoms with van der Waals surface area (Å²) in [5.74, 6) is 0.182. The number of likely N-dealkylation sites (tertiary alicyclic amines) is 1. The van der Waals surface area contributed by atoms with Gasteiger partial charge in [-0.2, -0.15) is 5.10 Å². The summed E-state index contributed by atoms with van der Waals surface area (Å²) >= 11 is 0. The molecule has 0 aromatic carbocycles. The minimum Gasteiger partial charge on any atom is -0.345 e. The number of hydrogen-bond acceptors (Lipinski definition) is 2. The van der Waals surface area contributed by atoms with E-state index in [0.29, 0.717) is 12.1 Å². The van der Waals surface area contributed by atoms with E-state index in [0.717, 1.165) is 37.2 Å². The van der Waals surface area contributed by atoms with E-state index in [1.54, 1.807) is 0 Å². The first-order chi connectivity index (χ1) is 11.1. The lowest BCUT2D eigenvalue weighted by Gasteiger charge is -2.33. The number of aryl methyl sites for hydroxylation is 1. The molecule has 5 heteroatoms. The van der Waals surface area contributed by atoms with Gasteiger partial charge >= 0.3 is 0 Å². The molecule has 1 aliphatic heterocycles. The number of nitrogens with zero attached hydrogens (tertiary/aromatic N) is 4. The molecular weight excluding hydrogens is 288 g/mol. The fourth-order valence-corrected chi connectivity index (χ4v) is 3.91. The SMILES string of the molecule is Cc1cc(C(=O)N2CCCC(n3cccn3)C2)c(C)n1C1CC1. The largest absolute Gasteiger partial charge is 0.345 e. The molecule has 1 saturated carbocycles.